The van der Waals surface area contributed by atoms with Gasteiger partial charge in [-0.25, -0.2) is 0 Å². The van der Waals surface area contributed by atoms with Gasteiger partial charge in [0.15, 0.2) is 5.65 Å². The van der Waals surface area contributed by atoms with Crippen molar-refractivity contribution in [1.29, 1.82) is 0 Å². The standard InChI is InChI=1S/C17H18N4O/c1-18-10-6-7-14-12(8-10)13-9-15(20-21-17(13)19-14)11-4-2-3-5-16(11)22/h2-5,9-10,18,22H,6-8H2,1H3,(H,19,21). The highest BCUT2D eigenvalue weighted by atomic mass is 16.3. The van der Waals surface area contributed by atoms with E-state index in [9.17, 15) is 5.11 Å². The second-order valence-corrected chi connectivity index (χ2v) is 5.82. The van der Waals surface area contributed by atoms with Crippen molar-refractivity contribution in [2.75, 3.05) is 7.05 Å². The molecule has 4 rings (SSSR count). The van der Waals surface area contributed by atoms with Gasteiger partial charge in [0.1, 0.15) is 5.75 Å². The third kappa shape index (κ3) is 2.05. The number of aromatic amines is 1. The highest BCUT2D eigenvalue weighted by molar-refractivity contribution is 5.85. The first-order valence-electron chi connectivity index (χ1n) is 7.59. The number of phenols is 1. The van der Waals surface area contributed by atoms with Crippen molar-refractivity contribution >= 4 is 11.0 Å². The molecule has 22 heavy (non-hydrogen) atoms. The molecule has 3 N–H and O–H groups in total. The number of phenolic OH excluding ortho intramolecular Hbond substituents is 1. The number of aromatic nitrogens is 3. The molecule has 5 heteroatoms. The molecule has 3 aromatic rings. The van der Waals surface area contributed by atoms with Crippen LogP contribution in [0.25, 0.3) is 22.3 Å². The topological polar surface area (TPSA) is 73.8 Å². The van der Waals surface area contributed by atoms with Crippen LogP contribution in [-0.2, 0) is 12.8 Å². The zero-order valence-electron chi connectivity index (χ0n) is 12.4. The molecule has 0 amide bonds. The third-order valence-corrected chi connectivity index (χ3v) is 4.53. The summed E-state index contributed by atoms with van der Waals surface area (Å²) >= 11 is 0. The van der Waals surface area contributed by atoms with Gasteiger partial charge in [0.05, 0.1) is 5.69 Å². The molecule has 1 aromatic carbocycles. The highest BCUT2D eigenvalue weighted by Crippen LogP contribution is 2.32. The van der Waals surface area contributed by atoms with Gasteiger partial charge < -0.3 is 15.4 Å². The molecule has 0 saturated carbocycles. The summed E-state index contributed by atoms with van der Waals surface area (Å²) in [6, 6.07) is 9.77. The Kier molecular flexibility index (Phi) is 3.08. The summed E-state index contributed by atoms with van der Waals surface area (Å²) in [5.74, 6) is 0.230. The van der Waals surface area contributed by atoms with Gasteiger partial charge in [-0.1, -0.05) is 12.1 Å². The zero-order chi connectivity index (χ0) is 15.1. The van der Waals surface area contributed by atoms with E-state index in [2.05, 4.69) is 20.5 Å². The van der Waals surface area contributed by atoms with Gasteiger partial charge in [0.25, 0.3) is 0 Å². The molecule has 2 aromatic heterocycles. The fraction of sp³-hybridized carbons (Fsp3) is 0.294. The van der Waals surface area contributed by atoms with Crippen molar-refractivity contribution in [3.63, 3.8) is 0 Å². The van der Waals surface area contributed by atoms with Crippen molar-refractivity contribution in [2.24, 2.45) is 0 Å². The van der Waals surface area contributed by atoms with Crippen LogP contribution in [0.2, 0.25) is 0 Å². The summed E-state index contributed by atoms with van der Waals surface area (Å²) in [4.78, 5) is 3.39. The minimum absolute atomic E-state index is 0.230. The lowest BCUT2D eigenvalue weighted by Crippen LogP contribution is -2.31. The minimum Gasteiger partial charge on any atom is -0.507 e. The molecule has 0 bridgehead atoms. The van der Waals surface area contributed by atoms with E-state index in [0.29, 0.717) is 17.3 Å². The number of nitrogens with one attached hydrogen (secondary N) is 2. The van der Waals surface area contributed by atoms with Gasteiger partial charge in [-0.3, -0.25) is 0 Å². The first-order chi connectivity index (χ1) is 10.8. The average molecular weight is 294 g/mol. The van der Waals surface area contributed by atoms with Crippen LogP contribution in [0.3, 0.4) is 0 Å². The van der Waals surface area contributed by atoms with Crippen LogP contribution in [0.15, 0.2) is 30.3 Å². The Morgan fingerprint density at radius 3 is 2.95 bits per heavy atom. The zero-order valence-corrected chi connectivity index (χ0v) is 12.4. The van der Waals surface area contributed by atoms with Gasteiger partial charge in [-0.2, -0.15) is 0 Å². The number of H-pyrrole nitrogens is 1. The predicted octanol–water partition coefficient (Wildman–Crippen LogP) is 2.41. The lowest BCUT2D eigenvalue weighted by Gasteiger charge is -2.21. The lowest BCUT2D eigenvalue weighted by atomic mass is 9.91. The Morgan fingerprint density at radius 2 is 2.14 bits per heavy atom. The van der Waals surface area contributed by atoms with E-state index < -0.39 is 0 Å². The molecule has 1 unspecified atom stereocenters. The summed E-state index contributed by atoms with van der Waals surface area (Å²) in [7, 11) is 2.01. The van der Waals surface area contributed by atoms with E-state index in [1.807, 2.05) is 25.2 Å². The number of para-hydroxylation sites is 1. The van der Waals surface area contributed by atoms with Crippen molar-refractivity contribution in [1.82, 2.24) is 20.5 Å². The number of fused-ring (bicyclic) bond motifs is 3. The van der Waals surface area contributed by atoms with Gasteiger partial charge in [-0.15, -0.1) is 10.2 Å². The molecular weight excluding hydrogens is 276 g/mol. The van der Waals surface area contributed by atoms with E-state index in [0.717, 1.165) is 30.3 Å². The van der Waals surface area contributed by atoms with Crippen molar-refractivity contribution in [2.45, 2.75) is 25.3 Å². The maximum Gasteiger partial charge on any atom is 0.160 e. The SMILES string of the molecule is CNC1CCc2[nH]c3nnc(-c4ccccc4O)cc3c2C1. The van der Waals surface area contributed by atoms with Crippen molar-refractivity contribution < 1.29 is 5.11 Å². The van der Waals surface area contributed by atoms with Gasteiger partial charge in [0, 0.05) is 22.7 Å². The molecule has 0 radical (unpaired) electrons. The van der Waals surface area contributed by atoms with E-state index in [4.69, 9.17) is 0 Å². The molecule has 5 nitrogen and oxygen atoms in total. The average Bonchev–Trinajstić information content (AvgIpc) is 2.92. The van der Waals surface area contributed by atoms with E-state index in [1.54, 1.807) is 12.1 Å². The number of aryl methyl sites for hydroxylation is 1. The fourth-order valence-corrected chi connectivity index (χ4v) is 3.28. The Hall–Kier alpha value is -2.40. The van der Waals surface area contributed by atoms with Crippen LogP contribution >= 0.6 is 0 Å². The van der Waals surface area contributed by atoms with Crippen LogP contribution in [0, 0.1) is 0 Å². The van der Waals surface area contributed by atoms with Crippen LogP contribution in [0.1, 0.15) is 17.7 Å². The molecule has 1 aliphatic carbocycles. The third-order valence-electron chi connectivity index (χ3n) is 4.53. The molecule has 2 heterocycles. The van der Waals surface area contributed by atoms with Crippen LogP contribution < -0.4 is 5.32 Å². The number of likely N-dealkylation sites (N-methyl/N-ethyl adjacent to an activating group) is 1. The molecule has 1 aliphatic rings. The first kappa shape index (κ1) is 13.3. The number of nitrogens with zero attached hydrogens (tertiary/aromatic N) is 2. The Labute approximate surface area is 128 Å². The number of hydrogen-bond donors (Lipinski definition) is 3. The van der Waals surface area contributed by atoms with Crippen LogP contribution in [0.4, 0.5) is 0 Å². The second kappa shape index (κ2) is 5.10. The largest absolute Gasteiger partial charge is 0.507 e. The molecular formula is C17H18N4O. The fourth-order valence-electron chi connectivity index (χ4n) is 3.28. The molecule has 1 atom stereocenters. The Bertz CT molecular complexity index is 840. The quantitative estimate of drug-likeness (QED) is 0.678. The van der Waals surface area contributed by atoms with Crippen LogP contribution in [-0.4, -0.2) is 33.4 Å². The summed E-state index contributed by atoms with van der Waals surface area (Å²) in [5, 5.41) is 23.1. The van der Waals surface area contributed by atoms with Crippen molar-refractivity contribution in [3.05, 3.63) is 41.6 Å². The maximum absolute atomic E-state index is 10.0. The van der Waals surface area contributed by atoms with E-state index in [-0.39, 0.29) is 5.75 Å². The number of aromatic hydroxyl groups is 1. The highest BCUT2D eigenvalue weighted by Gasteiger charge is 2.22. The van der Waals surface area contributed by atoms with Crippen LogP contribution in [0.5, 0.6) is 5.75 Å². The number of hydrogen-bond acceptors (Lipinski definition) is 4. The Balaban J connectivity index is 1.86. The molecule has 0 spiro atoms. The van der Waals surface area contributed by atoms with Gasteiger partial charge in [-0.05, 0) is 50.1 Å². The lowest BCUT2D eigenvalue weighted by molar-refractivity contribution is 0.477. The number of rotatable bonds is 2. The number of benzene rings is 1. The van der Waals surface area contributed by atoms with Gasteiger partial charge in [0.2, 0.25) is 0 Å². The van der Waals surface area contributed by atoms with Crippen molar-refractivity contribution in [3.8, 4) is 17.0 Å². The second-order valence-electron chi connectivity index (χ2n) is 5.82. The van der Waals surface area contributed by atoms with Gasteiger partial charge >= 0.3 is 0 Å². The first-order valence-corrected chi connectivity index (χ1v) is 7.59. The molecule has 0 fully saturated rings. The van der Waals surface area contributed by atoms with E-state index in [1.165, 1.54) is 11.3 Å². The normalized spacial score (nSPS) is 17.6. The summed E-state index contributed by atoms with van der Waals surface area (Å²) in [6.07, 6.45) is 3.16. The molecule has 0 saturated heterocycles. The molecule has 112 valence electrons. The summed E-state index contributed by atoms with van der Waals surface area (Å²) in [6.45, 7) is 0. The predicted molar refractivity (Wildman–Crippen MR) is 85.9 cm³/mol. The smallest absolute Gasteiger partial charge is 0.160 e. The molecule has 0 aliphatic heterocycles. The maximum atomic E-state index is 10.0. The van der Waals surface area contributed by atoms with E-state index >= 15 is 0 Å². The Morgan fingerprint density at radius 1 is 1.27 bits per heavy atom. The summed E-state index contributed by atoms with van der Waals surface area (Å²) < 4.78 is 0. The summed E-state index contributed by atoms with van der Waals surface area (Å²) in [5.41, 5.74) is 4.85. The minimum atomic E-state index is 0.230. The monoisotopic (exact) mass is 294 g/mol.